The maximum absolute atomic E-state index is 13.9. The summed E-state index contributed by atoms with van der Waals surface area (Å²) in [6.45, 7) is 6.74. The molecule has 0 N–H and O–H groups in total. The second-order valence-corrected chi connectivity index (χ2v) is 8.76. The van der Waals surface area contributed by atoms with E-state index in [1.807, 2.05) is 20.8 Å². The zero-order valence-electron chi connectivity index (χ0n) is 14.1. The van der Waals surface area contributed by atoms with Crippen LogP contribution in [0.1, 0.15) is 44.0 Å². The lowest BCUT2D eigenvalue weighted by Gasteiger charge is -2.58. The molecule has 1 aromatic rings. The molecular formula is C18H21BrFNO3. The summed E-state index contributed by atoms with van der Waals surface area (Å²) in [5.74, 6) is -0.806. The predicted molar refractivity (Wildman–Crippen MR) is 91.4 cm³/mol. The molecule has 1 aromatic carbocycles. The Morgan fingerprint density at radius 1 is 1.29 bits per heavy atom. The van der Waals surface area contributed by atoms with Crippen LogP contribution < -0.4 is 0 Å². The number of ether oxygens (including phenoxy) is 1. The third kappa shape index (κ3) is 3.21. The molecule has 4 nitrogen and oxygen atoms in total. The largest absolute Gasteiger partial charge is 0.444 e. The number of hydrogen-bond donors (Lipinski definition) is 0. The Bertz CT molecular complexity index is 664. The highest BCUT2D eigenvalue weighted by Gasteiger charge is 2.56. The van der Waals surface area contributed by atoms with Gasteiger partial charge < -0.3 is 9.64 Å². The van der Waals surface area contributed by atoms with Gasteiger partial charge >= 0.3 is 6.09 Å². The third-order valence-electron chi connectivity index (χ3n) is 4.64. The van der Waals surface area contributed by atoms with Crippen LogP contribution in [0.25, 0.3) is 0 Å². The van der Waals surface area contributed by atoms with Gasteiger partial charge in [-0.05, 0) is 61.7 Å². The first-order valence-electron chi connectivity index (χ1n) is 8.06. The van der Waals surface area contributed by atoms with Gasteiger partial charge in [0.2, 0.25) is 0 Å². The first-order valence-corrected chi connectivity index (χ1v) is 8.86. The Balaban J connectivity index is 1.56. The van der Waals surface area contributed by atoms with E-state index in [1.54, 1.807) is 17.0 Å². The van der Waals surface area contributed by atoms with Gasteiger partial charge in [0.15, 0.2) is 5.78 Å². The van der Waals surface area contributed by atoms with Crippen LogP contribution in [0.2, 0.25) is 0 Å². The van der Waals surface area contributed by atoms with Crippen LogP contribution in [0.3, 0.4) is 0 Å². The van der Waals surface area contributed by atoms with E-state index < -0.39 is 11.4 Å². The molecule has 3 rings (SSSR count). The van der Waals surface area contributed by atoms with Crippen LogP contribution in [0.15, 0.2) is 22.7 Å². The highest BCUT2D eigenvalue weighted by molar-refractivity contribution is 9.10. The van der Waals surface area contributed by atoms with Crippen molar-refractivity contribution in [2.24, 2.45) is 11.3 Å². The number of ketones is 1. The van der Waals surface area contributed by atoms with Crippen molar-refractivity contribution >= 4 is 27.8 Å². The molecule has 1 aliphatic carbocycles. The van der Waals surface area contributed by atoms with E-state index in [0.29, 0.717) is 30.4 Å². The van der Waals surface area contributed by atoms with Crippen molar-refractivity contribution in [2.75, 3.05) is 13.1 Å². The number of nitrogens with zero attached hydrogens (tertiary/aromatic N) is 1. The second-order valence-electron chi connectivity index (χ2n) is 7.90. The van der Waals surface area contributed by atoms with Crippen LogP contribution in [-0.2, 0) is 4.74 Å². The second kappa shape index (κ2) is 5.83. The number of Topliss-reactive ketones (excluding diaryl/α,β-unsaturated/α-hetero) is 1. The van der Waals surface area contributed by atoms with Crippen molar-refractivity contribution in [2.45, 2.75) is 39.2 Å². The molecule has 0 atom stereocenters. The molecule has 0 aromatic heterocycles. The van der Waals surface area contributed by atoms with Crippen molar-refractivity contribution < 1.29 is 18.7 Å². The molecule has 24 heavy (non-hydrogen) atoms. The van der Waals surface area contributed by atoms with E-state index in [1.165, 1.54) is 6.07 Å². The van der Waals surface area contributed by atoms with Crippen LogP contribution in [0.4, 0.5) is 9.18 Å². The fourth-order valence-corrected chi connectivity index (χ4v) is 4.12. The van der Waals surface area contributed by atoms with Gasteiger partial charge in [0.1, 0.15) is 11.4 Å². The summed E-state index contributed by atoms with van der Waals surface area (Å²) in [6.07, 6.45) is 1.09. The number of carbonyl (C=O) groups excluding carboxylic acids is 2. The minimum atomic E-state index is -0.505. The molecule has 0 bridgehead atoms. The summed E-state index contributed by atoms with van der Waals surface area (Å²) in [5, 5.41) is 0. The minimum Gasteiger partial charge on any atom is -0.444 e. The average molecular weight is 398 g/mol. The van der Waals surface area contributed by atoms with E-state index >= 15 is 0 Å². The van der Waals surface area contributed by atoms with Crippen LogP contribution in [0.5, 0.6) is 0 Å². The van der Waals surface area contributed by atoms with Crippen molar-refractivity contribution in [3.63, 3.8) is 0 Å². The molecule has 130 valence electrons. The topological polar surface area (TPSA) is 46.6 Å². The molecule has 0 radical (unpaired) electrons. The summed E-state index contributed by atoms with van der Waals surface area (Å²) in [7, 11) is 0. The molecular weight excluding hydrogens is 377 g/mol. The molecule has 1 saturated carbocycles. The quantitative estimate of drug-likeness (QED) is 0.693. The fraction of sp³-hybridized carbons (Fsp3) is 0.556. The summed E-state index contributed by atoms with van der Waals surface area (Å²) in [4.78, 5) is 26.2. The smallest absolute Gasteiger partial charge is 0.410 e. The first kappa shape index (κ1) is 17.4. The highest BCUT2D eigenvalue weighted by Crippen LogP contribution is 2.53. The maximum atomic E-state index is 13.9. The van der Waals surface area contributed by atoms with Gasteiger partial charge in [-0.1, -0.05) is 6.07 Å². The van der Waals surface area contributed by atoms with Crippen LogP contribution in [-0.4, -0.2) is 35.5 Å². The Hall–Kier alpha value is -1.43. The lowest BCUT2D eigenvalue weighted by atomic mass is 9.56. The van der Waals surface area contributed by atoms with Crippen LogP contribution >= 0.6 is 15.9 Å². The number of halogens is 2. The Kier molecular flexibility index (Phi) is 4.22. The molecule has 1 heterocycles. The lowest BCUT2D eigenvalue weighted by molar-refractivity contribution is -0.0865. The van der Waals surface area contributed by atoms with Gasteiger partial charge in [0, 0.05) is 28.9 Å². The average Bonchev–Trinajstić information content (AvgIpc) is 2.32. The molecule has 2 aliphatic rings. The first-order chi connectivity index (χ1) is 11.1. The molecule has 0 unspecified atom stereocenters. The molecule has 6 heteroatoms. The zero-order chi connectivity index (χ0) is 17.7. The van der Waals surface area contributed by atoms with Crippen molar-refractivity contribution in [1.29, 1.82) is 0 Å². The number of hydrogen-bond acceptors (Lipinski definition) is 3. The lowest BCUT2D eigenvalue weighted by Crippen LogP contribution is -2.65. The number of rotatable bonds is 2. The molecule has 1 aliphatic heterocycles. The summed E-state index contributed by atoms with van der Waals surface area (Å²) in [6, 6.07) is 4.56. The van der Waals surface area contributed by atoms with Gasteiger partial charge in [0.05, 0.1) is 5.56 Å². The summed E-state index contributed by atoms with van der Waals surface area (Å²) in [5.41, 5.74) is -0.356. The van der Waals surface area contributed by atoms with E-state index in [0.717, 1.165) is 0 Å². The molecule has 2 fully saturated rings. The maximum Gasteiger partial charge on any atom is 0.410 e. The number of likely N-dealkylation sites (tertiary alicyclic amines) is 1. The summed E-state index contributed by atoms with van der Waals surface area (Å²) >= 11 is 3.26. The number of carbonyl (C=O) groups is 2. The van der Waals surface area contributed by atoms with Gasteiger partial charge in [-0.25, -0.2) is 9.18 Å². The Labute approximate surface area is 149 Å². The standard InChI is InChI=1S/C18H21BrFNO3/c1-17(2,3)24-16(23)21-9-18(10-21)7-11(8-18)15(22)14-12(19)5-4-6-13(14)20/h4-6,11H,7-10H2,1-3H3. The van der Waals surface area contributed by atoms with E-state index in [2.05, 4.69) is 15.9 Å². The molecule has 1 saturated heterocycles. The van der Waals surface area contributed by atoms with E-state index in [9.17, 15) is 14.0 Å². The van der Waals surface area contributed by atoms with Crippen molar-refractivity contribution in [3.8, 4) is 0 Å². The normalized spacial score (nSPS) is 19.6. The van der Waals surface area contributed by atoms with Gasteiger partial charge in [0.25, 0.3) is 0 Å². The third-order valence-corrected chi connectivity index (χ3v) is 5.30. The SMILES string of the molecule is CC(C)(C)OC(=O)N1CC2(CC(C(=O)c3c(F)cccc3Br)C2)C1. The van der Waals surface area contributed by atoms with Gasteiger partial charge in [-0.3, -0.25) is 4.79 Å². The van der Waals surface area contributed by atoms with E-state index in [4.69, 9.17) is 4.74 Å². The van der Waals surface area contributed by atoms with Crippen molar-refractivity contribution in [1.82, 2.24) is 4.90 Å². The monoisotopic (exact) mass is 397 g/mol. The predicted octanol–water partition coefficient (Wildman–Crippen LogP) is 4.42. The fourth-order valence-electron chi connectivity index (χ4n) is 3.59. The zero-order valence-corrected chi connectivity index (χ0v) is 15.7. The minimum absolute atomic E-state index is 0.00889. The Morgan fingerprint density at radius 3 is 2.46 bits per heavy atom. The van der Waals surface area contributed by atoms with Crippen molar-refractivity contribution in [3.05, 3.63) is 34.1 Å². The Morgan fingerprint density at radius 2 is 1.92 bits per heavy atom. The summed E-state index contributed by atoms with van der Waals surface area (Å²) < 4.78 is 19.8. The van der Waals surface area contributed by atoms with Crippen LogP contribution in [0, 0.1) is 17.2 Å². The van der Waals surface area contributed by atoms with Gasteiger partial charge in [-0.15, -0.1) is 0 Å². The molecule has 1 spiro atoms. The highest BCUT2D eigenvalue weighted by atomic mass is 79.9. The molecule has 1 amide bonds. The van der Waals surface area contributed by atoms with Gasteiger partial charge in [-0.2, -0.15) is 0 Å². The van der Waals surface area contributed by atoms with E-state index in [-0.39, 0.29) is 28.8 Å². The number of benzene rings is 1. The number of amides is 1.